The molecule has 0 spiro atoms. The summed E-state index contributed by atoms with van der Waals surface area (Å²) in [6, 6.07) is 4.90. The molecular weight excluding hydrogens is 459 g/mol. The predicted octanol–water partition coefficient (Wildman–Crippen LogP) is 3.87. The van der Waals surface area contributed by atoms with Crippen LogP contribution in [0.25, 0.3) is 0 Å². The average Bonchev–Trinajstić information content (AvgIpc) is 3.33. The van der Waals surface area contributed by atoms with Gasteiger partial charge in [0.05, 0.1) is 12.3 Å². The molecule has 26 heavy (non-hydrogen) atoms. The maximum Gasteiger partial charge on any atom is 0.191 e. The molecule has 1 aromatic heterocycles. The molecule has 1 aromatic rings. The molecule has 1 aliphatic carbocycles. The Balaban J connectivity index is 0.00000243. The lowest BCUT2D eigenvalue weighted by molar-refractivity contribution is 0.146. The van der Waals surface area contributed by atoms with E-state index in [1.54, 1.807) is 6.26 Å². The minimum Gasteiger partial charge on any atom is -0.468 e. The lowest BCUT2D eigenvalue weighted by Gasteiger charge is -2.34. The number of hydrogen-bond donors (Lipinski definition) is 2. The number of piperidine rings is 1. The Hall–Kier alpha value is -0.410. The number of halogens is 1. The van der Waals surface area contributed by atoms with Crippen LogP contribution >= 0.6 is 35.7 Å². The quantitative estimate of drug-likeness (QED) is 0.359. The Kier molecular flexibility index (Phi) is 9.63. The molecule has 7 heteroatoms. The van der Waals surface area contributed by atoms with E-state index >= 15 is 0 Å². The fourth-order valence-electron chi connectivity index (χ4n) is 3.99. The van der Waals surface area contributed by atoms with Crippen LogP contribution < -0.4 is 10.6 Å². The molecule has 2 N–H and O–H groups in total. The van der Waals surface area contributed by atoms with Crippen molar-refractivity contribution in [2.45, 2.75) is 55.9 Å². The molecule has 0 radical (unpaired) electrons. The minimum atomic E-state index is 0. The van der Waals surface area contributed by atoms with Crippen molar-refractivity contribution in [1.29, 1.82) is 0 Å². The van der Waals surface area contributed by atoms with Crippen molar-refractivity contribution in [3.63, 3.8) is 0 Å². The van der Waals surface area contributed by atoms with Gasteiger partial charge >= 0.3 is 0 Å². The smallest absolute Gasteiger partial charge is 0.191 e. The van der Waals surface area contributed by atoms with Crippen molar-refractivity contribution >= 4 is 41.7 Å². The zero-order valence-corrected chi connectivity index (χ0v) is 19.1. The molecule has 3 rings (SSSR count). The highest BCUT2D eigenvalue weighted by atomic mass is 127. The largest absolute Gasteiger partial charge is 0.468 e. The van der Waals surface area contributed by atoms with Gasteiger partial charge < -0.3 is 15.1 Å². The second-order valence-electron chi connectivity index (χ2n) is 7.09. The molecule has 1 aliphatic heterocycles. The van der Waals surface area contributed by atoms with Gasteiger partial charge in [0, 0.05) is 24.9 Å². The fraction of sp³-hybridized carbons (Fsp3) is 0.737. The van der Waals surface area contributed by atoms with Gasteiger partial charge in [-0.1, -0.05) is 6.42 Å². The summed E-state index contributed by atoms with van der Waals surface area (Å²) in [5, 5.41) is 7.95. The summed E-state index contributed by atoms with van der Waals surface area (Å²) in [6.45, 7) is 3.13. The Morgan fingerprint density at radius 1 is 1.35 bits per heavy atom. The molecule has 2 fully saturated rings. The van der Waals surface area contributed by atoms with Crippen LogP contribution in [0.4, 0.5) is 0 Å². The van der Waals surface area contributed by atoms with Gasteiger partial charge in [0.15, 0.2) is 5.96 Å². The third kappa shape index (κ3) is 6.05. The van der Waals surface area contributed by atoms with Gasteiger partial charge in [0.25, 0.3) is 0 Å². The Bertz CT molecular complexity index is 534. The normalized spacial score (nSPS) is 25.5. The van der Waals surface area contributed by atoms with E-state index in [9.17, 15) is 0 Å². The van der Waals surface area contributed by atoms with Gasteiger partial charge in [-0.3, -0.25) is 9.89 Å². The molecule has 1 saturated carbocycles. The number of aliphatic imine (C=N–C) groups is 1. The summed E-state index contributed by atoms with van der Waals surface area (Å²) in [5.74, 6) is 1.97. The summed E-state index contributed by atoms with van der Waals surface area (Å²) < 4.78 is 5.73. The standard InChI is InChI=1S/C19H32N4OS.HI/c1-20-19(22-15-8-9-16(13-15)25-2)21-14-17(18-7-6-12-24-18)23-10-4-3-5-11-23;/h6-7,12,15-17H,3-5,8-11,13-14H2,1-2H3,(H2,20,21,22);1H. The topological polar surface area (TPSA) is 52.8 Å². The van der Waals surface area contributed by atoms with E-state index in [1.807, 2.05) is 24.9 Å². The van der Waals surface area contributed by atoms with Crippen LogP contribution in [-0.2, 0) is 0 Å². The first-order valence-corrected chi connectivity index (χ1v) is 10.9. The lowest BCUT2D eigenvalue weighted by Crippen LogP contribution is -2.46. The average molecular weight is 492 g/mol. The third-order valence-corrected chi connectivity index (χ3v) is 6.54. The second kappa shape index (κ2) is 11.4. The number of guanidine groups is 1. The predicted molar refractivity (Wildman–Crippen MR) is 122 cm³/mol. The number of nitrogens with one attached hydrogen (secondary N) is 2. The highest BCUT2D eigenvalue weighted by molar-refractivity contribution is 14.0. The maximum atomic E-state index is 5.73. The monoisotopic (exact) mass is 492 g/mol. The van der Waals surface area contributed by atoms with Crippen LogP contribution in [0, 0.1) is 0 Å². The lowest BCUT2D eigenvalue weighted by atomic mass is 10.1. The van der Waals surface area contributed by atoms with Crippen LogP contribution in [0.2, 0.25) is 0 Å². The molecule has 0 amide bonds. The number of thioether (sulfide) groups is 1. The second-order valence-corrected chi connectivity index (χ2v) is 8.23. The number of likely N-dealkylation sites (tertiary alicyclic amines) is 1. The molecule has 2 heterocycles. The Morgan fingerprint density at radius 2 is 2.15 bits per heavy atom. The van der Waals surface area contributed by atoms with Crippen molar-refractivity contribution < 1.29 is 4.42 Å². The van der Waals surface area contributed by atoms with Crippen LogP contribution in [0.1, 0.15) is 50.3 Å². The van der Waals surface area contributed by atoms with Crippen LogP contribution in [0.5, 0.6) is 0 Å². The van der Waals surface area contributed by atoms with Gasteiger partial charge in [-0.05, 0) is 63.6 Å². The highest BCUT2D eigenvalue weighted by Gasteiger charge is 2.27. The molecule has 5 nitrogen and oxygen atoms in total. The van der Waals surface area contributed by atoms with E-state index in [2.05, 4.69) is 32.8 Å². The molecule has 3 atom stereocenters. The first-order valence-electron chi connectivity index (χ1n) is 9.57. The van der Waals surface area contributed by atoms with E-state index in [0.29, 0.717) is 6.04 Å². The van der Waals surface area contributed by atoms with Crippen molar-refractivity contribution in [1.82, 2.24) is 15.5 Å². The molecule has 3 unspecified atom stereocenters. The van der Waals surface area contributed by atoms with E-state index < -0.39 is 0 Å². The van der Waals surface area contributed by atoms with Gasteiger partial charge in [-0.25, -0.2) is 0 Å². The van der Waals surface area contributed by atoms with E-state index in [0.717, 1.165) is 36.6 Å². The number of hydrogen-bond acceptors (Lipinski definition) is 4. The van der Waals surface area contributed by atoms with Crippen LogP contribution in [0.15, 0.2) is 27.8 Å². The van der Waals surface area contributed by atoms with Crippen molar-refractivity contribution in [2.24, 2.45) is 4.99 Å². The van der Waals surface area contributed by atoms with Gasteiger partial charge in [0.1, 0.15) is 5.76 Å². The summed E-state index contributed by atoms with van der Waals surface area (Å²) >= 11 is 1.99. The summed E-state index contributed by atoms with van der Waals surface area (Å²) in [7, 11) is 1.86. The van der Waals surface area contributed by atoms with Crippen molar-refractivity contribution in [3.8, 4) is 0 Å². The molecule has 0 aromatic carbocycles. The number of rotatable bonds is 6. The summed E-state index contributed by atoms with van der Waals surface area (Å²) in [4.78, 5) is 6.98. The molecule has 0 bridgehead atoms. The maximum absolute atomic E-state index is 5.73. The van der Waals surface area contributed by atoms with E-state index in [1.165, 1.54) is 38.5 Å². The first-order chi connectivity index (χ1) is 12.3. The first kappa shape index (κ1) is 21.9. The van der Waals surface area contributed by atoms with Gasteiger partial charge in [-0.2, -0.15) is 11.8 Å². The Morgan fingerprint density at radius 3 is 2.77 bits per heavy atom. The molecule has 148 valence electrons. The third-order valence-electron chi connectivity index (χ3n) is 5.45. The molecule has 2 aliphatic rings. The summed E-state index contributed by atoms with van der Waals surface area (Å²) in [5.41, 5.74) is 0. The number of furan rings is 1. The SMILES string of the molecule is CN=C(NCC(c1ccco1)N1CCCCC1)NC1CCC(SC)C1.I. The van der Waals surface area contributed by atoms with Crippen molar-refractivity contribution in [2.75, 3.05) is 32.9 Å². The molecule has 1 saturated heterocycles. The minimum absolute atomic E-state index is 0. The molecular formula is C19H33IN4OS. The Labute approximate surface area is 179 Å². The highest BCUT2D eigenvalue weighted by Crippen LogP contribution is 2.28. The van der Waals surface area contributed by atoms with Gasteiger partial charge in [-0.15, -0.1) is 24.0 Å². The fourth-order valence-corrected chi connectivity index (χ4v) is 4.78. The summed E-state index contributed by atoms with van der Waals surface area (Å²) in [6.07, 6.45) is 11.7. The van der Waals surface area contributed by atoms with Gasteiger partial charge in [0.2, 0.25) is 0 Å². The van der Waals surface area contributed by atoms with Crippen LogP contribution in [-0.4, -0.2) is 55.1 Å². The zero-order chi connectivity index (χ0) is 17.5. The van der Waals surface area contributed by atoms with E-state index in [4.69, 9.17) is 4.42 Å². The number of nitrogens with zero attached hydrogens (tertiary/aromatic N) is 2. The zero-order valence-electron chi connectivity index (χ0n) is 15.9. The van der Waals surface area contributed by atoms with Crippen LogP contribution in [0.3, 0.4) is 0 Å². The van der Waals surface area contributed by atoms with Crippen molar-refractivity contribution in [3.05, 3.63) is 24.2 Å². The van der Waals surface area contributed by atoms with E-state index in [-0.39, 0.29) is 30.0 Å².